The van der Waals surface area contributed by atoms with Crippen molar-refractivity contribution in [2.75, 3.05) is 19.2 Å². The van der Waals surface area contributed by atoms with Gasteiger partial charge in [0.2, 0.25) is 12.7 Å². The van der Waals surface area contributed by atoms with E-state index in [2.05, 4.69) is 10.1 Å². The van der Waals surface area contributed by atoms with Gasteiger partial charge in [-0.2, -0.15) is 0 Å². The van der Waals surface area contributed by atoms with E-state index in [0.29, 0.717) is 35.1 Å². The monoisotopic (exact) mass is 343 g/mol. The van der Waals surface area contributed by atoms with Crippen molar-refractivity contribution in [1.29, 1.82) is 0 Å². The van der Waals surface area contributed by atoms with Crippen LogP contribution in [0.5, 0.6) is 11.5 Å². The Kier molecular flexibility index (Phi) is 5.03. The first-order chi connectivity index (χ1) is 12.1. The fraction of sp³-hybridized carbons (Fsp3) is 0.222. The summed E-state index contributed by atoms with van der Waals surface area (Å²) >= 11 is 0. The Labute approximate surface area is 144 Å². The summed E-state index contributed by atoms with van der Waals surface area (Å²) in [6.45, 7) is 0.184. The molecule has 1 aromatic heterocycles. The molecule has 1 N–H and O–H groups in total. The van der Waals surface area contributed by atoms with Crippen LogP contribution in [0.3, 0.4) is 0 Å². The number of furan rings is 1. The lowest BCUT2D eigenvalue weighted by atomic mass is 10.2. The first kappa shape index (κ1) is 16.6. The van der Waals surface area contributed by atoms with E-state index in [0.717, 1.165) is 0 Å². The summed E-state index contributed by atoms with van der Waals surface area (Å²) in [4.78, 5) is 23.1. The van der Waals surface area contributed by atoms with Gasteiger partial charge in [0.15, 0.2) is 11.5 Å². The van der Waals surface area contributed by atoms with Crippen LogP contribution >= 0.6 is 0 Å². The lowest BCUT2D eigenvalue weighted by Gasteiger charge is -2.03. The number of hydrogen-bond acceptors (Lipinski definition) is 6. The van der Waals surface area contributed by atoms with Crippen LogP contribution in [0.2, 0.25) is 0 Å². The summed E-state index contributed by atoms with van der Waals surface area (Å²) in [7, 11) is 1.34. The number of esters is 1. The van der Waals surface area contributed by atoms with Crippen LogP contribution in [0.25, 0.3) is 6.08 Å². The number of fused-ring (bicyclic) bond motifs is 1. The van der Waals surface area contributed by atoms with E-state index in [4.69, 9.17) is 13.9 Å². The Morgan fingerprint density at radius 2 is 2.04 bits per heavy atom. The van der Waals surface area contributed by atoms with Crippen molar-refractivity contribution < 1.29 is 28.2 Å². The van der Waals surface area contributed by atoms with E-state index in [1.54, 1.807) is 36.4 Å². The van der Waals surface area contributed by atoms with Crippen molar-refractivity contribution in [2.24, 2.45) is 0 Å². The maximum atomic E-state index is 12.0. The van der Waals surface area contributed by atoms with Crippen molar-refractivity contribution in [2.45, 2.75) is 12.8 Å². The minimum atomic E-state index is -0.300. The van der Waals surface area contributed by atoms with Gasteiger partial charge < -0.3 is 23.9 Å². The maximum Gasteiger partial charge on any atom is 0.305 e. The normalized spacial score (nSPS) is 12.4. The van der Waals surface area contributed by atoms with Crippen molar-refractivity contribution in [1.82, 2.24) is 0 Å². The topological polar surface area (TPSA) is 87.0 Å². The molecule has 130 valence electrons. The molecule has 0 bridgehead atoms. The highest BCUT2D eigenvalue weighted by molar-refractivity contribution is 6.01. The molecule has 1 aromatic carbocycles. The molecule has 7 nitrogen and oxygen atoms in total. The molecule has 1 aliphatic heterocycles. The van der Waals surface area contributed by atoms with Gasteiger partial charge in [-0.25, -0.2) is 0 Å². The Bertz CT molecular complexity index is 808. The van der Waals surface area contributed by atoms with Gasteiger partial charge in [-0.15, -0.1) is 0 Å². The van der Waals surface area contributed by atoms with Crippen LogP contribution in [0.15, 0.2) is 40.8 Å². The van der Waals surface area contributed by atoms with Gasteiger partial charge in [0, 0.05) is 24.3 Å². The third-order valence-corrected chi connectivity index (χ3v) is 3.52. The predicted octanol–water partition coefficient (Wildman–Crippen LogP) is 2.77. The zero-order chi connectivity index (χ0) is 17.6. The number of carbonyl (C=O) groups excluding carboxylic acids is 2. The maximum absolute atomic E-state index is 12.0. The second-order valence-electron chi connectivity index (χ2n) is 5.27. The lowest BCUT2D eigenvalue weighted by Crippen LogP contribution is -2.07. The fourth-order valence-corrected chi connectivity index (χ4v) is 2.26. The van der Waals surface area contributed by atoms with Crippen LogP contribution in [-0.2, 0) is 20.7 Å². The summed E-state index contributed by atoms with van der Waals surface area (Å²) in [5.74, 6) is 1.84. The number of hydrogen-bond donors (Lipinski definition) is 1. The molecular formula is C18H17NO6. The van der Waals surface area contributed by atoms with Gasteiger partial charge in [0.1, 0.15) is 11.5 Å². The zero-order valence-corrected chi connectivity index (χ0v) is 13.6. The van der Waals surface area contributed by atoms with Crippen molar-refractivity contribution >= 4 is 23.6 Å². The first-order valence-corrected chi connectivity index (χ1v) is 7.68. The molecular weight excluding hydrogens is 326 g/mol. The van der Waals surface area contributed by atoms with E-state index < -0.39 is 0 Å². The third kappa shape index (κ3) is 4.41. The first-order valence-electron chi connectivity index (χ1n) is 7.68. The summed E-state index contributed by atoms with van der Waals surface area (Å²) in [5.41, 5.74) is 0.608. The molecule has 25 heavy (non-hydrogen) atoms. The highest BCUT2D eigenvalue weighted by Crippen LogP contribution is 2.34. The SMILES string of the molecule is COC(=O)CCc1ccc(C=CC(=O)Nc2ccc3c(c2)OCO3)o1. The minimum Gasteiger partial charge on any atom is -0.469 e. The number of nitrogens with one attached hydrogen (secondary N) is 1. The molecule has 0 saturated carbocycles. The number of methoxy groups -OCH3 is 1. The average molecular weight is 343 g/mol. The standard InChI is InChI=1S/C18H17NO6/c1-22-18(21)9-6-14-4-3-13(25-14)5-8-17(20)19-12-2-7-15-16(10-12)24-11-23-15/h2-5,7-8,10H,6,9,11H2,1H3,(H,19,20). The van der Waals surface area contributed by atoms with Crippen LogP contribution in [0.1, 0.15) is 17.9 Å². The third-order valence-electron chi connectivity index (χ3n) is 3.52. The number of amides is 1. The summed E-state index contributed by atoms with van der Waals surface area (Å²) < 4.78 is 20.6. The van der Waals surface area contributed by atoms with Crippen LogP contribution in [0.4, 0.5) is 5.69 Å². The molecule has 0 radical (unpaired) electrons. The summed E-state index contributed by atoms with van der Waals surface area (Å²) in [6, 6.07) is 8.67. The lowest BCUT2D eigenvalue weighted by molar-refractivity contribution is -0.140. The van der Waals surface area contributed by atoms with Gasteiger partial charge in [0.05, 0.1) is 13.5 Å². The van der Waals surface area contributed by atoms with E-state index in [1.807, 2.05) is 0 Å². The smallest absolute Gasteiger partial charge is 0.305 e. The second-order valence-corrected chi connectivity index (χ2v) is 5.27. The van der Waals surface area contributed by atoms with E-state index in [-0.39, 0.29) is 25.1 Å². The Balaban J connectivity index is 1.54. The van der Waals surface area contributed by atoms with Crippen molar-refractivity contribution in [3.63, 3.8) is 0 Å². The van der Waals surface area contributed by atoms with E-state index in [9.17, 15) is 9.59 Å². The van der Waals surface area contributed by atoms with Gasteiger partial charge in [-0.05, 0) is 30.3 Å². The molecule has 2 heterocycles. The molecule has 0 spiro atoms. The van der Waals surface area contributed by atoms with Gasteiger partial charge in [0.25, 0.3) is 0 Å². The summed E-state index contributed by atoms with van der Waals surface area (Å²) in [6.07, 6.45) is 3.62. The van der Waals surface area contributed by atoms with Gasteiger partial charge in [-0.1, -0.05) is 0 Å². The Hall–Kier alpha value is -3.22. The second kappa shape index (κ2) is 7.57. The van der Waals surface area contributed by atoms with Gasteiger partial charge in [-0.3, -0.25) is 9.59 Å². The average Bonchev–Trinajstić information content (AvgIpc) is 3.26. The number of rotatable bonds is 6. The van der Waals surface area contributed by atoms with E-state index >= 15 is 0 Å². The Morgan fingerprint density at radius 1 is 1.20 bits per heavy atom. The van der Waals surface area contributed by atoms with Crippen LogP contribution < -0.4 is 14.8 Å². The molecule has 0 unspecified atom stereocenters. The fourth-order valence-electron chi connectivity index (χ4n) is 2.26. The van der Waals surface area contributed by atoms with Gasteiger partial charge >= 0.3 is 5.97 Å². The highest BCUT2D eigenvalue weighted by atomic mass is 16.7. The molecule has 2 aromatic rings. The molecule has 1 amide bonds. The molecule has 3 rings (SSSR count). The van der Waals surface area contributed by atoms with Crippen LogP contribution in [-0.4, -0.2) is 25.8 Å². The van der Waals surface area contributed by atoms with Crippen LogP contribution in [0, 0.1) is 0 Å². The molecule has 0 saturated heterocycles. The van der Waals surface area contributed by atoms with E-state index in [1.165, 1.54) is 13.2 Å². The Morgan fingerprint density at radius 3 is 2.88 bits per heavy atom. The number of benzene rings is 1. The molecule has 1 aliphatic rings. The molecule has 0 atom stereocenters. The number of aryl methyl sites for hydroxylation is 1. The number of anilines is 1. The highest BCUT2D eigenvalue weighted by Gasteiger charge is 2.13. The molecule has 0 fully saturated rings. The molecule has 0 aliphatic carbocycles. The number of ether oxygens (including phenoxy) is 3. The summed E-state index contributed by atoms with van der Waals surface area (Å²) in [5, 5.41) is 2.73. The van der Waals surface area contributed by atoms with Crippen molar-refractivity contribution in [3.8, 4) is 11.5 Å². The predicted molar refractivity (Wildman–Crippen MR) is 89.3 cm³/mol. The quantitative estimate of drug-likeness (QED) is 0.641. The largest absolute Gasteiger partial charge is 0.469 e. The van der Waals surface area contributed by atoms with Crippen molar-refractivity contribution in [3.05, 3.63) is 47.9 Å². The zero-order valence-electron chi connectivity index (χ0n) is 13.6. The number of carbonyl (C=O) groups is 2. The minimum absolute atomic E-state index is 0.184. The molecule has 7 heteroatoms.